The molecule has 1 fully saturated rings. The lowest BCUT2D eigenvalue weighted by atomic mass is 10.1. The molecule has 0 spiro atoms. The van der Waals surface area contributed by atoms with Crippen LogP contribution in [-0.4, -0.2) is 44.7 Å². The van der Waals surface area contributed by atoms with Gasteiger partial charge in [-0.3, -0.25) is 0 Å². The van der Waals surface area contributed by atoms with Gasteiger partial charge in [0, 0.05) is 0 Å². The molecule has 2 rings (SSSR count). The molecular weight excluding hydrogens is 244 g/mol. The van der Waals surface area contributed by atoms with Crippen molar-refractivity contribution in [3.05, 3.63) is 30.3 Å². The minimum Gasteiger partial charge on any atom is -0.491 e. The maximum atomic E-state index is 5.50. The van der Waals surface area contributed by atoms with Crippen LogP contribution >= 0.6 is 0 Å². The first kappa shape index (κ1) is 14.3. The smallest absolute Gasteiger partial charge is 0.119 e. The molecule has 0 aromatic heterocycles. The molecule has 0 aliphatic carbocycles. The Kier molecular flexibility index (Phi) is 5.19. The summed E-state index contributed by atoms with van der Waals surface area (Å²) in [5.41, 5.74) is 0.00435. The Labute approximate surface area is 114 Å². The molecule has 0 saturated carbocycles. The number of hydrogen-bond acceptors (Lipinski definition) is 4. The summed E-state index contributed by atoms with van der Waals surface area (Å²) in [6.07, 6.45) is 0.244. The molecule has 0 bridgehead atoms. The summed E-state index contributed by atoms with van der Waals surface area (Å²) in [7, 11) is 0. The normalized spacial score (nSPS) is 20.2. The van der Waals surface area contributed by atoms with Gasteiger partial charge in [0.15, 0.2) is 0 Å². The first-order valence-corrected chi connectivity index (χ1v) is 6.69. The quantitative estimate of drug-likeness (QED) is 0.508. The van der Waals surface area contributed by atoms with E-state index in [2.05, 4.69) is 13.8 Å². The summed E-state index contributed by atoms with van der Waals surface area (Å²) in [4.78, 5) is 0. The number of epoxide rings is 1. The number of rotatable bonds is 9. The van der Waals surface area contributed by atoms with Crippen LogP contribution in [0.2, 0.25) is 0 Å². The fraction of sp³-hybridized carbons (Fsp3) is 0.600. The third kappa shape index (κ3) is 5.19. The largest absolute Gasteiger partial charge is 0.491 e. The van der Waals surface area contributed by atoms with Gasteiger partial charge in [-0.2, -0.15) is 0 Å². The van der Waals surface area contributed by atoms with Crippen LogP contribution < -0.4 is 4.74 Å². The summed E-state index contributed by atoms with van der Waals surface area (Å²) in [5.74, 6) is 0.871. The monoisotopic (exact) mass is 266 g/mol. The summed E-state index contributed by atoms with van der Waals surface area (Å²) in [6.45, 7) is 7.10. The van der Waals surface area contributed by atoms with E-state index in [1.54, 1.807) is 0 Å². The topological polar surface area (TPSA) is 40.2 Å². The summed E-state index contributed by atoms with van der Waals surface area (Å²) in [5, 5.41) is 0. The second-order valence-corrected chi connectivity index (χ2v) is 5.06. The molecule has 1 saturated heterocycles. The van der Waals surface area contributed by atoms with Crippen molar-refractivity contribution in [2.45, 2.75) is 25.6 Å². The lowest BCUT2D eigenvalue weighted by Gasteiger charge is -2.07. The van der Waals surface area contributed by atoms with Crippen molar-refractivity contribution in [2.75, 3.05) is 33.0 Å². The number of benzene rings is 1. The molecular formula is C15H22O4. The molecule has 0 radical (unpaired) electrons. The van der Waals surface area contributed by atoms with Crippen LogP contribution in [0.1, 0.15) is 13.8 Å². The van der Waals surface area contributed by atoms with Crippen LogP contribution in [0.3, 0.4) is 0 Å². The highest BCUT2D eigenvalue weighted by Gasteiger charge is 2.47. The van der Waals surface area contributed by atoms with Gasteiger partial charge in [-0.05, 0) is 26.0 Å². The van der Waals surface area contributed by atoms with E-state index >= 15 is 0 Å². The SMILES string of the molecule is CC1(C)OC1COCCOCCOc1ccccc1. The average Bonchev–Trinajstić information content (AvgIpc) is 3.01. The molecule has 1 aliphatic rings. The first-order chi connectivity index (χ1) is 9.18. The summed E-state index contributed by atoms with van der Waals surface area (Å²) < 4.78 is 21.8. The average molecular weight is 266 g/mol. The maximum absolute atomic E-state index is 5.50. The van der Waals surface area contributed by atoms with Gasteiger partial charge in [0.25, 0.3) is 0 Å². The summed E-state index contributed by atoms with van der Waals surface area (Å²) in [6, 6.07) is 9.73. The van der Waals surface area contributed by atoms with Crippen molar-refractivity contribution in [3.8, 4) is 5.75 Å². The number of hydrogen-bond donors (Lipinski definition) is 0. The number of ether oxygens (including phenoxy) is 4. The highest BCUT2D eigenvalue weighted by molar-refractivity contribution is 5.20. The molecule has 1 unspecified atom stereocenters. The Morgan fingerprint density at radius 3 is 2.32 bits per heavy atom. The molecule has 4 heteroatoms. The Bertz CT molecular complexity index is 364. The zero-order chi connectivity index (χ0) is 13.6. The second-order valence-electron chi connectivity index (χ2n) is 5.06. The maximum Gasteiger partial charge on any atom is 0.119 e. The lowest BCUT2D eigenvalue weighted by Crippen LogP contribution is -2.14. The predicted octanol–water partition coefficient (Wildman–Crippen LogP) is 2.28. The fourth-order valence-electron chi connectivity index (χ4n) is 1.71. The Hall–Kier alpha value is -1.10. The van der Waals surface area contributed by atoms with Crippen molar-refractivity contribution in [3.63, 3.8) is 0 Å². The molecule has 1 atom stereocenters. The van der Waals surface area contributed by atoms with Gasteiger partial charge >= 0.3 is 0 Å². The highest BCUT2D eigenvalue weighted by Crippen LogP contribution is 2.35. The zero-order valence-corrected chi connectivity index (χ0v) is 11.6. The lowest BCUT2D eigenvalue weighted by molar-refractivity contribution is 0.0317. The van der Waals surface area contributed by atoms with Crippen molar-refractivity contribution < 1.29 is 18.9 Å². The van der Waals surface area contributed by atoms with Crippen LogP contribution in [0, 0.1) is 0 Å². The van der Waals surface area contributed by atoms with Gasteiger partial charge < -0.3 is 18.9 Å². The van der Waals surface area contributed by atoms with Gasteiger partial charge in [0.05, 0.1) is 32.0 Å². The van der Waals surface area contributed by atoms with Crippen LogP contribution in [0.25, 0.3) is 0 Å². The molecule has 0 amide bonds. The fourth-order valence-corrected chi connectivity index (χ4v) is 1.71. The second kappa shape index (κ2) is 6.89. The van der Waals surface area contributed by atoms with Gasteiger partial charge in [0.1, 0.15) is 18.5 Å². The van der Waals surface area contributed by atoms with Crippen molar-refractivity contribution in [1.82, 2.24) is 0 Å². The van der Waals surface area contributed by atoms with Crippen LogP contribution in [0.5, 0.6) is 5.75 Å². The van der Waals surface area contributed by atoms with Crippen molar-refractivity contribution in [2.24, 2.45) is 0 Å². The third-order valence-electron chi connectivity index (χ3n) is 3.05. The molecule has 4 nitrogen and oxygen atoms in total. The molecule has 1 aliphatic heterocycles. The van der Waals surface area contributed by atoms with E-state index < -0.39 is 0 Å². The van der Waals surface area contributed by atoms with Crippen molar-refractivity contribution in [1.29, 1.82) is 0 Å². The zero-order valence-electron chi connectivity index (χ0n) is 11.6. The summed E-state index contributed by atoms with van der Waals surface area (Å²) >= 11 is 0. The molecule has 106 valence electrons. The Morgan fingerprint density at radius 1 is 1.00 bits per heavy atom. The third-order valence-corrected chi connectivity index (χ3v) is 3.05. The predicted molar refractivity (Wildman–Crippen MR) is 72.5 cm³/mol. The van der Waals surface area contributed by atoms with Crippen molar-refractivity contribution >= 4 is 0 Å². The van der Waals surface area contributed by atoms with Crippen LogP contribution in [0.15, 0.2) is 30.3 Å². The first-order valence-electron chi connectivity index (χ1n) is 6.69. The Balaban J connectivity index is 1.39. The van der Waals surface area contributed by atoms with E-state index in [-0.39, 0.29) is 11.7 Å². The van der Waals surface area contributed by atoms with E-state index in [0.29, 0.717) is 33.0 Å². The van der Waals surface area contributed by atoms with E-state index in [0.717, 1.165) is 5.75 Å². The standard InChI is InChI=1S/C15H22O4/c1-15(2)14(19-15)12-17-9-8-16-10-11-18-13-6-4-3-5-7-13/h3-7,14H,8-12H2,1-2H3. The van der Waals surface area contributed by atoms with E-state index in [4.69, 9.17) is 18.9 Å². The minimum absolute atomic E-state index is 0.00435. The van der Waals surface area contributed by atoms with Gasteiger partial charge in [-0.25, -0.2) is 0 Å². The highest BCUT2D eigenvalue weighted by atomic mass is 16.6. The van der Waals surface area contributed by atoms with E-state index in [1.165, 1.54) is 0 Å². The molecule has 1 aromatic carbocycles. The number of para-hydroxylation sites is 1. The van der Waals surface area contributed by atoms with Crippen LogP contribution in [0.4, 0.5) is 0 Å². The van der Waals surface area contributed by atoms with E-state index in [9.17, 15) is 0 Å². The molecule has 1 aromatic rings. The molecule has 1 heterocycles. The Morgan fingerprint density at radius 2 is 1.63 bits per heavy atom. The van der Waals surface area contributed by atoms with Crippen LogP contribution in [-0.2, 0) is 14.2 Å². The van der Waals surface area contributed by atoms with Gasteiger partial charge in [-0.1, -0.05) is 18.2 Å². The van der Waals surface area contributed by atoms with Gasteiger partial charge in [0.2, 0.25) is 0 Å². The molecule has 0 N–H and O–H groups in total. The van der Waals surface area contributed by atoms with Gasteiger partial charge in [-0.15, -0.1) is 0 Å². The minimum atomic E-state index is 0.00435. The molecule has 19 heavy (non-hydrogen) atoms. The van der Waals surface area contributed by atoms with E-state index in [1.807, 2.05) is 30.3 Å².